The van der Waals surface area contributed by atoms with Gasteiger partial charge in [-0.1, -0.05) is 19.1 Å². The number of hydrogen-bond donors (Lipinski definition) is 1. The van der Waals surface area contributed by atoms with Gasteiger partial charge in [-0.3, -0.25) is 4.79 Å². The zero-order chi connectivity index (χ0) is 19.7. The molecule has 0 aliphatic carbocycles. The Morgan fingerprint density at radius 1 is 1.11 bits per heavy atom. The molecule has 0 fully saturated rings. The van der Waals surface area contributed by atoms with Gasteiger partial charge in [0.25, 0.3) is 5.56 Å². The van der Waals surface area contributed by atoms with E-state index >= 15 is 0 Å². The predicted octanol–water partition coefficient (Wildman–Crippen LogP) is 5.58. The fourth-order valence-electron chi connectivity index (χ4n) is 3.19. The van der Waals surface area contributed by atoms with Crippen LogP contribution < -0.4 is 10.3 Å². The number of thioether (sulfide) groups is 1. The van der Waals surface area contributed by atoms with Crippen molar-refractivity contribution in [1.29, 1.82) is 0 Å². The standard InChI is InChI=1S/C22H19FN2O2S/c1-3-28-14-8-9-19(27-20-7-5-4-6-18(20)23)16(12-14)17-13-25(2)22(26)21-15(17)10-11-24-21/h4-13,24H,3H2,1-2H3. The zero-order valence-electron chi connectivity index (χ0n) is 15.5. The highest BCUT2D eigenvalue weighted by atomic mass is 32.2. The van der Waals surface area contributed by atoms with Crippen LogP contribution in [0.2, 0.25) is 0 Å². The number of aromatic nitrogens is 2. The summed E-state index contributed by atoms with van der Waals surface area (Å²) in [7, 11) is 1.72. The van der Waals surface area contributed by atoms with Crippen LogP contribution in [0.25, 0.3) is 22.0 Å². The number of aromatic amines is 1. The molecule has 0 unspecified atom stereocenters. The van der Waals surface area contributed by atoms with E-state index in [1.165, 1.54) is 6.07 Å². The Bertz CT molecular complexity index is 1210. The number of benzene rings is 2. The number of nitrogens with one attached hydrogen (secondary N) is 1. The van der Waals surface area contributed by atoms with E-state index < -0.39 is 5.82 Å². The maximum absolute atomic E-state index is 14.2. The first-order chi connectivity index (χ1) is 13.6. The lowest BCUT2D eigenvalue weighted by Crippen LogP contribution is -2.16. The minimum atomic E-state index is -0.423. The SMILES string of the molecule is CCSc1ccc(Oc2ccccc2F)c(-c2cn(C)c(=O)c3[nH]ccc23)c1. The number of H-pyrrole nitrogens is 1. The van der Waals surface area contributed by atoms with Crippen LogP contribution >= 0.6 is 11.8 Å². The van der Waals surface area contributed by atoms with Crippen LogP contribution in [0.5, 0.6) is 11.5 Å². The van der Waals surface area contributed by atoms with Crippen molar-refractivity contribution in [2.24, 2.45) is 7.05 Å². The molecule has 0 radical (unpaired) electrons. The van der Waals surface area contributed by atoms with Gasteiger partial charge in [-0.05, 0) is 42.2 Å². The molecule has 4 aromatic rings. The maximum Gasteiger partial charge on any atom is 0.274 e. The van der Waals surface area contributed by atoms with Gasteiger partial charge in [0, 0.05) is 40.8 Å². The molecule has 0 atom stereocenters. The summed E-state index contributed by atoms with van der Waals surface area (Å²) in [6, 6.07) is 14.0. The molecule has 4 rings (SSSR count). The third-order valence-corrected chi connectivity index (χ3v) is 5.38. The molecular weight excluding hydrogens is 375 g/mol. The lowest BCUT2D eigenvalue weighted by Gasteiger charge is -2.15. The number of hydrogen-bond acceptors (Lipinski definition) is 3. The summed E-state index contributed by atoms with van der Waals surface area (Å²) in [5.74, 6) is 1.20. The number of ether oxygens (including phenoxy) is 1. The van der Waals surface area contributed by atoms with E-state index in [1.807, 2.05) is 24.3 Å². The van der Waals surface area contributed by atoms with Crippen molar-refractivity contribution < 1.29 is 9.13 Å². The molecule has 0 aliphatic heterocycles. The Labute approximate surface area is 166 Å². The molecule has 2 heterocycles. The molecular formula is C22H19FN2O2S. The second-order valence-corrected chi connectivity index (χ2v) is 7.69. The van der Waals surface area contributed by atoms with E-state index in [4.69, 9.17) is 4.74 Å². The van der Waals surface area contributed by atoms with Gasteiger partial charge in [0.05, 0.1) is 0 Å². The van der Waals surface area contributed by atoms with Crippen molar-refractivity contribution >= 4 is 22.7 Å². The number of rotatable bonds is 5. The minimum Gasteiger partial charge on any atom is -0.454 e. The van der Waals surface area contributed by atoms with Crippen LogP contribution in [0.4, 0.5) is 4.39 Å². The molecule has 1 N–H and O–H groups in total. The van der Waals surface area contributed by atoms with Gasteiger partial charge in [0.2, 0.25) is 0 Å². The van der Waals surface area contributed by atoms with Crippen molar-refractivity contribution in [2.45, 2.75) is 11.8 Å². The quantitative estimate of drug-likeness (QED) is 0.450. The monoisotopic (exact) mass is 394 g/mol. The van der Waals surface area contributed by atoms with Gasteiger partial charge in [-0.15, -0.1) is 11.8 Å². The summed E-state index contributed by atoms with van der Waals surface area (Å²) >= 11 is 1.71. The summed E-state index contributed by atoms with van der Waals surface area (Å²) in [5, 5.41) is 0.806. The van der Waals surface area contributed by atoms with Crippen molar-refractivity contribution in [2.75, 3.05) is 5.75 Å². The molecule has 0 aliphatic rings. The minimum absolute atomic E-state index is 0.0978. The average Bonchev–Trinajstić information content (AvgIpc) is 3.18. The first-order valence-corrected chi connectivity index (χ1v) is 9.93. The largest absolute Gasteiger partial charge is 0.454 e. The molecule has 2 aromatic heterocycles. The number of halogens is 1. The summed E-state index contributed by atoms with van der Waals surface area (Å²) in [5.41, 5.74) is 2.09. The Balaban J connectivity index is 1.93. The normalized spacial score (nSPS) is 11.1. The van der Waals surface area contributed by atoms with Gasteiger partial charge in [0.15, 0.2) is 11.6 Å². The Kier molecular flexibility index (Phi) is 4.96. The first kappa shape index (κ1) is 18.4. The Hall–Kier alpha value is -2.99. The topological polar surface area (TPSA) is 47.0 Å². The Morgan fingerprint density at radius 2 is 1.93 bits per heavy atom. The number of aryl methyl sites for hydroxylation is 1. The summed E-state index contributed by atoms with van der Waals surface area (Å²) in [6.45, 7) is 2.09. The number of fused-ring (bicyclic) bond motifs is 1. The fraction of sp³-hybridized carbons (Fsp3) is 0.136. The highest BCUT2D eigenvalue weighted by molar-refractivity contribution is 7.99. The fourth-order valence-corrected chi connectivity index (χ4v) is 3.89. The third-order valence-electron chi connectivity index (χ3n) is 4.50. The molecule has 0 saturated heterocycles. The molecule has 0 amide bonds. The van der Waals surface area contributed by atoms with E-state index in [2.05, 4.69) is 11.9 Å². The van der Waals surface area contributed by atoms with Crippen molar-refractivity contribution in [3.8, 4) is 22.6 Å². The highest BCUT2D eigenvalue weighted by Gasteiger charge is 2.16. The molecule has 0 spiro atoms. The predicted molar refractivity (Wildman–Crippen MR) is 112 cm³/mol. The van der Waals surface area contributed by atoms with Gasteiger partial charge < -0.3 is 14.3 Å². The second-order valence-electron chi connectivity index (χ2n) is 6.35. The zero-order valence-corrected chi connectivity index (χ0v) is 16.3. The third kappa shape index (κ3) is 3.31. The summed E-state index contributed by atoms with van der Waals surface area (Å²) in [6.07, 6.45) is 3.54. The van der Waals surface area contributed by atoms with Gasteiger partial charge >= 0.3 is 0 Å². The van der Waals surface area contributed by atoms with Crippen molar-refractivity contribution in [1.82, 2.24) is 9.55 Å². The molecule has 28 heavy (non-hydrogen) atoms. The molecule has 4 nitrogen and oxygen atoms in total. The van der Waals surface area contributed by atoms with Crippen LogP contribution in [0, 0.1) is 5.82 Å². The van der Waals surface area contributed by atoms with E-state index in [0.29, 0.717) is 11.3 Å². The van der Waals surface area contributed by atoms with E-state index in [1.54, 1.807) is 54.0 Å². The molecule has 2 aromatic carbocycles. The van der Waals surface area contributed by atoms with E-state index in [-0.39, 0.29) is 11.3 Å². The van der Waals surface area contributed by atoms with Crippen LogP contribution in [-0.4, -0.2) is 15.3 Å². The van der Waals surface area contributed by atoms with Crippen molar-refractivity contribution in [3.05, 3.63) is 77.1 Å². The molecule has 6 heteroatoms. The van der Waals surface area contributed by atoms with Gasteiger partial charge in [-0.2, -0.15) is 0 Å². The summed E-state index contributed by atoms with van der Waals surface area (Å²) in [4.78, 5) is 16.5. The number of nitrogens with zero attached hydrogens (tertiary/aromatic N) is 1. The van der Waals surface area contributed by atoms with Crippen molar-refractivity contribution in [3.63, 3.8) is 0 Å². The van der Waals surface area contributed by atoms with Gasteiger partial charge in [0.1, 0.15) is 11.3 Å². The first-order valence-electron chi connectivity index (χ1n) is 8.95. The second kappa shape index (κ2) is 7.56. The maximum atomic E-state index is 14.2. The smallest absolute Gasteiger partial charge is 0.274 e. The lowest BCUT2D eigenvalue weighted by molar-refractivity contribution is 0.443. The summed E-state index contributed by atoms with van der Waals surface area (Å²) < 4.78 is 21.6. The highest BCUT2D eigenvalue weighted by Crippen LogP contribution is 2.39. The van der Waals surface area contributed by atoms with Gasteiger partial charge in [-0.25, -0.2) is 4.39 Å². The van der Waals surface area contributed by atoms with E-state index in [9.17, 15) is 9.18 Å². The lowest BCUT2D eigenvalue weighted by atomic mass is 10.0. The molecule has 142 valence electrons. The van der Waals surface area contributed by atoms with Crippen LogP contribution in [0.15, 0.2) is 70.6 Å². The Morgan fingerprint density at radius 3 is 2.71 bits per heavy atom. The average molecular weight is 394 g/mol. The number of para-hydroxylation sites is 1. The molecule has 0 bridgehead atoms. The molecule has 0 saturated carbocycles. The van der Waals surface area contributed by atoms with Crippen LogP contribution in [-0.2, 0) is 7.05 Å². The van der Waals surface area contributed by atoms with Crippen LogP contribution in [0.1, 0.15) is 6.92 Å². The van der Waals surface area contributed by atoms with E-state index in [0.717, 1.165) is 27.2 Å². The van der Waals surface area contributed by atoms with Crippen LogP contribution in [0.3, 0.4) is 0 Å². The number of pyridine rings is 1.